The van der Waals surface area contributed by atoms with Crippen LogP contribution in [0.5, 0.6) is 11.5 Å². The van der Waals surface area contributed by atoms with Crippen molar-refractivity contribution in [2.24, 2.45) is 5.41 Å². The van der Waals surface area contributed by atoms with Gasteiger partial charge in [-0.2, -0.15) is 0 Å². The van der Waals surface area contributed by atoms with Crippen LogP contribution in [0.2, 0.25) is 0 Å². The van der Waals surface area contributed by atoms with Crippen molar-refractivity contribution in [3.8, 4) is 11.5 Å². The molecule has 0 saturated carbocycles. The van der Waals surface area contributed by atoms with Crippen molar-refractivity contribution in [2.45, 2.75) is 25.4 Å². The molecule has 2 aliphatic heterocycles. The number of aliphatic hydroxyl groups is 1. The van der Waals surface area contributed by atoms with Gasteiger partial charge in [0.1, 0.15) is 11.5 Å². The van der Waals surface area contributed by atoms with Crippen LogP contribution in [0.25, 0.3) is 0 Å². The number of methoxy groups -OCH3 is 2. The molecule has 0 aliphatic carbocycles. The highest BCUT2D eigenvalue weighted by Crippen LogP contribution is 2.39. The molecule has 1 N–H and O–H groups in total. The zero-order chi connectivity index (χ0) is 18.0. The van der Waals surface area contributed by atoms with E-state index in [1.54, 1.807) is 32.4 Å². The molecule has 0 radical (unpaired) electrons. The van der Waals surface area contributed by atoms with Gasteiger partial charge in [-0.05, 0) is 38.4 Å². The number of benzene rings is 1. The Morgan fingerprint density at radius 3 is 2.76 bits per heavy atom. The normalized spacial score (nSPS) is 27.4. The van der Waals surface area contributed by atoms with E-state index in [9.17, 15) is 9.90 Å². The number of aliphatic hydroxyl groups excluding tert-OH is 1. The fraction of sp³-hybridized carbons (Fsp3) is 0.632. The number of amides is 1. The predicted octanol–water partition coefficient (Wildman–Crippen LogP) is 1.62. The van der Waals surface area contributed by atoms with E-state index in [0.717, 1.165) is 32.4 Å². The predicted molar refractivity (Wildman–Crippen MR) is 95.2 cm³/mol. The molecule has 0 unspecified atom stereocenters. The van der Waals surface area contributed by atoms with E-state index in [-0.39, 0.29) is 17.4 Å². The van der Waals surface area contributed by atoms with Gasteiger partial charge in [0, 0.05) is 37.7 Å². The average Bonchev–Trinajstić information content (AvgIpc) is 2.64. The summed E-state index contributed by atoms with van der Waals surface area (Å²) in [6.07, 6.45) is 2.29. The summed E-state index contributed by atoms with van der Waals surface area (Å²) in [5, 5.41) is 10.6. The van der Waals surface area contributed by atoms with Gasteiger partial charge in [-0.25, -0.2) is 0 Å². The number of carbonyl (C=O) groups excluding carboxylic acids is 1. The summed E-state index contributed by atoms with van der Waals surface area (Å²) in [4.78, 5) is 17.2. The van der Waals surface area contributed by atoms with Crippen LogP contribution in [-0.4, -0.2) is 74.4 Å². The molecule has 6 nitrogen and oxygen atoms in total. The van der Waals surface area contributed by atoms with Crippen LogP contribution in [0.15, 0.2) is 18.2 Å². The van der Waals surface area contributed by atoms with Crippen molar-refractivity contribution in [3.63, 3.8) is 0 Å². The molecule has 138 valence electrons. The lowest BCUT2D eigenvalue weighted by molar-refractivity contribution is -0.0731. The van der Waals surface area contributed by atoms with E-state index in [4.69, 9.17) is 9.47 Å². The van der Waals surface area contributed by atoms with E-state index in [2.05, 4.69) is 11.9 Å². The summed E-state index contributed by atoms with van der Waals surface area (Å²) in [7, 11) is 5.23. The maximum atomic E-state index is 13.1. The standard InChI is InChI=1S/C19H28N2O4/c1-20-10-7-17(22)19(12-20)8-4-9-21(13-19)18(23)15-6-5-14(24-2)11-16(15)25-3/h5-6,11,17,22H,4,7-10,12-13H2,1-3H3/t17-,19-/m0/s1. The second-order valence-electron chi connectivity index (χ2n) is 7.30. The van der Waals surface area contributed by atoms with Gasteiger partial charge < -0.3 is 24.4 Å². The zero-order valence-corrected chi connectivity index (χ0v) is 15.3. The third-order valence-electron chi connectivity index (χ3n) is 5.61. The molecule has 2 heterocycles. The smallest absolute Gasteiger partial charge is 0.257 e. The van der Waals surface area contributed by atoms with Gasteiger partial charge in [-0.3, -0.25) is 4.79 Å². The van der Waals surface area contributed by atoms with Gasteiger partial charge >= 0.3 is 0 Å². The van der Waals surface area contributed by atoms with E-state index >= 15 is 0 Å². The van der Waals surface area contributed by atoms with Crippen molar-refractivity contribution in [1.82, 2.24) is 9.80 Å². The van der Waals surface area contributed by atoms with Crippen molar-refractivity contribution in [2.75, 3.05) is 47.4 Å². The molecule has 1 aromatic rings. The van der Waals surface area contributed by atoms with Crippen molar-refractivity contribution < 1.29 is 19.4 Å². The van der Waals surface area contributed by atoms with Crippen molar-refractivity contribution in [3.05, 3.63) is 23.8 Å². The van der Waals surface area contributed by atoms with Gasteiger partial charge in [-0.15, -0.1) is 0 Å². The molecule has 2 aliphatic rings. The molecule has 2 fully saturated rings. The molecular formula is C19H28N2O4. The van der Waals surface area contributed by atoms with Gasteiger partial charge in [0.05, 0.1) is 25.9 Å². The minimum absolute atomic E-state index is 0.0426. The first-order valence-electron chi connectivity index (χ1n) is 8.87. The molecule has 0 aromatic heterocycles. The number of carbonyl (C=O) groups is 1. The van der Waals surface area contributed by atoms with Gasteiger partial charge in [0.2, 0.25) is 0 Å². The minimum Gasteiger partial charge on any atom is -0.497 e. The highest BCUT2D eigenvalue weighted by Gasteiger charge is 2.45. The number of nitrogens with zero attached hydrogens (tertiary/aromatic N) is 2. The van der Waals surface area contributed by atoms with Crippen LogP contribution in [0.3, 0.4) is 0 Å². The average molecular weight is 348 g/mol. The number of piperidine rings is 2. The van der Waals surface area contributed by atoms with E-state index in [1.807, 2.05) is 4.90 Å². The lowest BCUT2D eigenvalue weighted by Gasteiger charge is -2.50. The van der Waals surface area contributed by atoms with Gasteiger partial charge in [0.15, 0.2) is 0 Å². The van der Waals surface area contributed by atoms with Gasteiger partial charge in [-0.1, -0.05) is 0 Å². The third kappa shape index (κ3) is 3.46. The molecular weight excluding hydrogens is 320 g/mol. The first-order chi connectivity index (χ1) is 12.0. The third-order valence-corrected chi connectivity index (χ3v) is 5.61. The Balaban J connectivity index is 1.83. The van der Waals surface area contributed by atoms with Crippen molar-refractivity contribution >= 4 is 5.91 Å². The summed E-state index contributed by atoms with van der Waals surface area (Å²) in [6, 6.07) is 5.26. The number of hydrogen-bond donors (Lipinski definition) is 1. The van der Waals surface area contributed by atoms with Crippen LogP contribution < -0.4 is 9.47 Å². The zero-order valence-electron chi connectivity index (χ0n) is 15.3. The van der Waals surface area contributed by atoms with Crippen LogP contribution >= 0.6 is 0 Å². The van der Waals surface area contributed by atoms with Crippen LogP contribution in [0.4, 0.5) is 0 Å². The van der Waals surface area contributed by atoms with Crippen LogP contribution in [0.1, 0.15) is 29.6 Å². The number of hydrogen-bond acceptors (Lipinski definition) is 5. The highest BCUT2D eigenvalue weighted by atomic mass is 16.5. The SMILES string of the molecule is COc1ccc(C(=O)N2CCC[C@]3(CN(C)CC[C@@H]3O)C2)c(OC)c1. The first kappa shape index (κ1) is 18.0. The Kier molecular flexibility index (Phi) is 5.20. The topological polar surface area (TPSA) is 62.2 Å². The molecule has 3 rings (SSSR count). The Labute approximate surface area is 149 Å². The van der Waals surface area contributed by atoms with E-state index in [0.29, 0.717) is 30.2 Å². The second kappa shape index (κ2) is 7.22. The molecule has 2 saturated heterocycles. The minimum atomic E-state index is -0.350. The molecule has 1 amide bonds. The summed E-state index contributed by atoms with van der Waals surface area (Å²) in [5.74, 6) is 1.14. The summed E-state index contributed by atoms with van der Waals surface area (Å²) < 4.78 is 10.6. The number of likely N-dealkylation sites (tertiary alicyclic amines) is 2. The number of rotatable bonds is 3. The van der Waals surface area contributed by atoms with Crippen LogP contribution in [-0.2, 0) is 0 Å². The lowest BCUT2D eigenvalue weighted by Crippen LogP contribution is -2.59. The fourth-order valence-corrected chi connectivity index (χ4v) is 4.25. The molecule has 1 spiro atoms. The van der Waals surface area contributed by atoms with E-state index < -0.39 is 0 Å². The monoisotopic (exact) mass is 348 g/mol. The Bertz CT molecular complexity index is 636. The largest absolute Gasteiger partial charge is 0.497 e. The summed E-state index contributed by atoms with van der Waals surface area (Å²) >= 11 is 0. The summed E-state index contributed by atoms with van der Waals surface area (Å²) in [6.45, 7) is 3.04. The quantitative estimate of drug-likeness (QED) is 0.899. The molecule has 2 atom stereocenters. The number of ether oxygens (including phenoxy) is 2. The summed E-state index contributed by atoms with van der Waals surface area (Å²) in [5.41, 5.74) is 0.319. The molecule has 25 heavy (non-hydrogen) atoms. The van der Waals surface area contributed by atoms with E-state index in [1.165, 1.54) is 0 Å². The maximum absolute atomic E-state index is 13.1. The molecule has 6 heteroatoms. The first-order valence-corrected chi connectivity index (χ1v) is 8.87. The van der Waals surface area contributed by atoms with Crippen LogP contribution in [0, 0.1) is 5.41 Å². The second-order valence-corrected chi connectivity index (χ2v) is 7.30. The molecule has 0 bridgehead atoms. The molecule has 1 aromatic carbocycles. The maximum Gasteiger partial charge on any atom is 0.257 e. The Morgan fingerprint density at radius 1 is 1.24 bits per heavy atom. The Morgan fingerprint density at radius 2 is 2.04 bits per heavy atom. The van der Waals surface area contributed by atoms with Gasteiger partial charge in [0.25, 0.3) is 5.91 Å². The fourth-order valence-electron chi connectivity index (χ4n) is 4.25. The van der Waals surface area contributed by atoms with Crippen molar-refractivity contribution in [1.29, 1.82) is 0 Å². The Hall–Kier alpha value is -1.79. The lowest BCUT2D eigenvalue weighted by atomic mass is 9.71. The highest BCUT2D eigenvalue weighted by molar-refractivity contribution is 5.97.